The Kier molecular flexibility index (Phi) is 4.06. The third-order valence-corrected chi connectivity index (χ3v) is 4.20. The van der Waals surface area contributed by atoms with Crippen molar-refractivity contribution in [2.75, 3.05) is 0 Å². The molecule has 0 saturated carbocycles. The summed E-state index contributed by atoms with van der Waals surface area (Å²) < 4.78 is 1.88. The maximum atomic E-state index is 6.33. The van der Waals surface area contributed by atoms with Gasteiger partial charge in [0.2, 0.25) is 0 Å². The Labute approximate surface area is 142 Å². The van der Waals surface area contributed by atoms with Crippen LogP contribution >= 0.6 is 46.4 Å². The summed E-state index contributed by atoms with van der Waals surface area (Å²) in [5.41, 5.74) is 2.28. The Balaban J connectivity index is 2.42. The van der Waals surface area contributed by atoms with E-state index in [2.05, 4.69) is 4.98 Å². The number of imidazole rings is 1. The summed E-state index contributed by atoms with van der Waals surface area (Å²) in [6.45, 7) is 1.85. The first-order chi connectivity index (χ1) is 9.99. The van der Waals surface area contributed by atoms with Crippen LogP contribution in [0.1, 0.15) is 18.1 Å². The SMILES string of the molecule is CC(Cl)c1nc2cc(Cl)ccc2n1-c1c(Cl)cccc1Cl. The topological polar surface area (TPSA) is 17.8 Å². The van der Waals surface area contributed by atoms with E-state index in [1.807, 2.05) is 17.6 Å². The maximum Gasteiger partial charge on any atom is 0.132 e. The minimum absolute atomic E-state index is 0.302. The summed E-state index contributed by atoms with van der Waals surface area (Å²) in [7, 11) is 0. The zero-order chi connectivity index (χ0) is 15.1. The number of hydrogen-bond acceptors (Lipinski definition) is 1. The number of alkyl halides is 1. The Morgan fingerprint density at radius 1 is 1.05 bits per heavy atom. The number of hydrogen-bond donors (Lipinski definition) is 0. The molecule has 0 N–H and O–H groups in total. The van der Waals surface area contributed by atoms with Crippen molar-refractivity contribution in [3.05, 3.63) is 57.3 Å². The van der Waals surface area contributed by atoms with Crippen LogP contribution in [0.2, 0.25) is 15.1 Å². The molecule has 3 aromatic rings. The molecule has 2 aromatic carbocycles. The van der Waals surface area contributed by atoms with Gasteiger partial charge in [0.05, 0.1) is 32.1 Å². The fourth-order valence-corrected chi connectivity index (χ4v) is 3.16. The Bertz CT molecular complexity index is 804. The minimum atomic E-state index is -0.302. The molecule has 2 nitrogen and oxygen atoms in total. The zero-order valence-corrected chi connectivity index (χ0v) is 14.0. The molecule has 21 heavy (non-hydrogen) atoms. The molecule has 0 saturated heterocycles. The first-order valence-corrected chi connectivity index (χ1v) is 7.82. The highest BCUT2D eigenvalue weighted by molar-refractivity contribution is 6.38. The molecule has 108 valence electrons. The summed E-state index contributed by atoms with van der Waals surface area (Å²) >= 11 is 25.0. The van der Waals surface area contributed by atoms with Gasteiger partial charge in [-0.25, -0.2) is 4.98 Å². The number of aromatic nitrogens is 2. The number of benzene rings is 2. The van der Waals surface area contributed by atoms with Gasteiger partial charge in [0.15, 0.2) is 0 Å². The highest BCUT2D eigenvalue weighted by Gasteiger charge is 2.20. The molecule has 6 heteroatoms. The molecular formula is C15H10Cl4N2. The third kappa shape index (κ3) is 2.62. The molecule has 0 amide bonds. The Hall–Kier alpha value is -0.930. The molecule has 1 heterocycles. The Morgan fingerprint density at radius 3 is 2.33 bits per heavy atom. The number of nitrogens with zero attached hydrogens (tertiary/aromatic N) is 2. The first-order valence-electron chi connectivity index (χ1n) is 6.25. The van der Waals surface area contributed by atoms with Crippen LogP contribution in [0, 0.1) is 0 Å². The second kappa shape index (κ2) is 5.69. The lowest BCUT2D eigenvalue weighted by molar-refractivity contribution is 0.883. The molecular weight excluding hydrogens is 350 g/mol. The van der Waals surface area contributed by atoms with E-state index in [9.17, 15) is 0 Å². The van der Waals surface area contributed by atoms with Gasteiger partial charge >= 0.3 is 0 Å². The predicted octanol–water partition coefficient (Wildman–Crippen LogP) is 6.29. The number of rotatable bonds is 2. The molecule has 1 aromatic heterocycles. The van der Waals surface area contributed by atoms with Crippen LogP contribution in [-0.2, 0) is 0 Å². The van der Waals surface area contributed by atoms with Crippen LogP contribution in [0.25, 0.3) is 16.7 Å². The molecule has 3 rings (SSSR count). The van der Waals surface area contributed by atoms with Crippen molar-refractivity contribution in [1.29, 1.82) is 0 Å². The highest BCUT2D eigenvalue weighted by Crippen LogP contribution is 2.35. The lowest BCUT2D eigenvalue weighted by Crippen LogP contribution is -2.03. The van der Waals surface area contributed by atoms with Gasteiger partial charge in [0.1, 0.15) is 5.82 Å². The second-order valence-electron chi connectivity index (χ2n) is 4.62. The fourth-order valence-electron chi connectivity index (χ4n) is 2.28. The van der Waals surface area contributed by atoms with Crippen molar-refractivity contribution in [3.8, 4) is 5.69 Å². The first kappa shape index (κ1) is 15.0. The van der Waals surface area contributed by atoms with E-state index in [1.165, 1.54) is 0 Å². The van der Waals surface area contributed by atoms with Crippen LogP contribution < -0.4 is 0 Å². The van der Waals surface area contributed by atoms with Crippen molar-refractivity contribution in [3.63, 3.8) is 0 Å². The molecule has 0 fully saturated rings. The smallest absolute Gasteiger partial charge is 0.132 e. The number of fused-ring (bicyclic) bond motifs is 1. The van der Waals surface area contributed by atoms with E-state index in [4.69, 9.17) is 46.4 Å². The van der Waals surface area contributed by atoms with E-state index in [0.29, 0.717) is 26.6 Å². The lowest BCUT2D eigenvalue weighted by Gasteiger charge is -2.13. The molecule has 0 aliphatic carbocycles. The lowest BCUT2D eigenvalue weighted by atomic mass is 10.2. The van der Waals surface area contributed by atoms with Gasteiger partial charge in [-0.15, -0.1) is 11.6 Å². The van der Waals surface area contributed by atoms with Gasteiger partial charge in [-0.1, -0.05) is 40.9 Å². The molecule has 0 radical (unpaired) electrons. The average Bonchev–Trinajstić information content (AvgIpc) is 2.77. The normalized spacial score (nSPS) is 12.8. The van der Waals surface area contributed by atoms with Crippen LogP contribution in [-0.4, -0.2) is 9.55 Å². The van der Waals surface area contributed by atoms with Gasteiger partial charge in [0, 0.05) is 5.02 Å². The monoisotopic (exact) mass is 358 g/mol. The van der Waals surface area contributed by atoms with Crippen LogP contribution in [0.15, 0.2) is 36.4 Å². The summed E-state index contributed by atoms with van der Waals surface area (Å²) in [5.74, 6) is 0.670. The van der Waals surface area contributed by atoms with Crippen molar-refractivity contribution in [2.24, 2.45) is 0 Å². The molecule has 0 spiro atoms. The van der Waals surface area contributed by atoms with Crippen LogP contribution in [0.5, 0.6) is 0 Å². The van der Waals surface area contributed by atoms with Crippen LogP contribution in [0.4, 0.5) is 0 Å². The molecule has 1 unspecified atom stereocenters. The van der Waals surface area contributed by atoms with Crippen molar-refractivity contribution in [1.82, 2.24) is 9.55 Å². The van der Waals surface area contributed by atoms with E-state index < -0.39 is 0 Å². The Morgan fingerprint density at radius 2 is 1.71 bits per heavy atom. The average molecular weight is 360 g/mol. The van der Waals surface area contributed by atoms with E-state index in [1.54, 1.807) is 30.3 Å². The zero-order valence-electron chi connectivity index (χ0n) is 10.9. The number of para-hydroxylation sites is 1. The molecule has 1 atom stereocenters. The van der Waals surface area contributed by atoms with E-state index >= 15 is 0 Å². The summed E-state index contributed by atoms with van der Waals surface area (Å²) in [5, 5.41) is 1.39. The van der Waals surface area contributed by atoms with Gasteiger partial charge in [-0.05, 0) is 37.3 Å². The summed E-state index contributed by atoms with van der Waals surface area (Å²) in [4.78, 5) is 4.56. The summed E-state index contributed by atoms with van der Waals surface area (Å²) in [6.07, 6.45) is 0. The number of halogens is 4. The highest BCUT2D eigenvalue weighted by atomic mass is 35.5. The molecule has 0 bridgehead atoms. The van der Waals surface area contributed by atoms with Gasteiger partial charge in [-0.2, -0.15) is 0 Å². The minimum Gasteiger partial charge on any atom is -0.292 e. The second-order valence-corrected chi connectivity index (χ2v) is 6.53. The van der Waals surface area contributed by atoms with Gasteiger partial charge in [-0.3, -0.25) is 4.57 Å². The van der Waals surface area contributed by atoms with E-state index in [-0.39, 0.29) is 5.38 Å². The van der Waals surface area contributed by atoms with Crippen molar-refractivity contribution >= 4 is 57.4 Å². The van der Waals surface area contributed by atoms with Gasteiger partial charge < -0.3 is 0 Å². The quantitative estimate of drug-likeness (QED) is 0.492. The predicted molar refractivity (Wildman–Crippen MR) is 90.4 cm³/mol. The summed E-state index contributed by atoms with van der Waals surface area (Å²) in [6, 6.07) is 10.8. The van der Waals surface area contributed by atoms with Crippen LogP contribution in [0.3, 0.4) is 0 Å². The maximum absolute atomic E-state index is 6.33. The fraction of sp³-hybridized carbons (Fsp3) is 0.133. The molecule has 0 aliphatic rings. The van der Waals surface area contributed by atoms with Crippen molar-refractivity contribution in [2.45, 2.75) is 12.3 Å². The van der Waals surface area contributed by atoms with Gasteiger partial charge in [0.25, 0.3) is 0 Å². The largest absolute Gasteiger partial charge is 0.292 e. The van der Waals surface area contributed by atoms with E-state index in [0.717, 1.165) is 11.0 Å². The standard InChI is InChI=1S/C15H10Cl4N2/c1-8(16)15-20-12-7-9(17)5-6-13(12)21(15)14-10(18)3-2-4-11(14)19/h2-8H,1H3. The third-order valence-electron chi connectivity index (χ3n) is 3.16. The molecule has 0 aliphatic heterocycles. The van der Waals surface area contributed by atoms with Crippen molar-refractivity contribution < 1.29 is 0 Å².